The predicted molar refractivity (Wildman–Crippen MR) is 75.6 cm³/mol. The molecule has 0 spiro atoms. The molecular formula is C14H24N2O5. The number of carbonyl (C=O) groups is 3. The number of hydrogen-bond donors (Lipinski definition) is 2. The van der Waals surface area contributed by atoms with Crippen molar-refractivity contribution in [3.63, 3.8) is 0 Å². The number of amides is 2. The first-order chi connectivity index (χ1) is 10.1. The summed E-state index contributed by atoms with van der Waals surface area (Å²) < 4.78 is 9.56. The zero-order valence-corrected chi connectivity index (χ0v) is 12.6. The Labute approximate surface area is 124 Å². The van der Waals surface area contributed by atoms with Crippen molar-refractivity contribution in [3.8, 4) is 0 Å². The van der Waals surface area contributed by atoms with Crippen LogP contribution in [0.15, 0.2) is 0 Å². The van der Waals surface area contributed by atoms with Gasteiger partial charge in [-0.2, -0.15) is 0 Å². The van der Waals surface area contributed by atoms with Crippen molar-refractivity contribution >= 4 is 18.0 Å². The number of hydrogen-bond acceptors (Lipinski definition) is 5. The van der Waals surface area contributed by atoms with Crippen LogP contribution in [-0.4, -0.2) is 43.3 Å². The molecule has 1 aliphatic carbocycles. The topological polar surface area (TPSA) is 93.7 Å². The summed E-state index contributed by atoms with van der Waals surface area (Å²) in [6.45, 7) is 3.51. The first-order valence-corrected chi connectivity index (χ1v) is 7.48. The third-order valence-electron chi connectivity index (χ3n) is 3.26. The summed E-state index contributed by atoms with van der Waals surface area (Å²) in [6.07, 6.45) is 5.15. The van der Waals surface area contributed by atoms with E-state index in [2.05, 4.69) is 10.6 Å². The summed E-state index contributed by atoms with van der Waals surface area (Å²) in [5.41, 5.74) is 0. The largest absolute Gasteiger partial charge is 0.464 e. The lowest BCUT2D eigenvalue weighted by atomic mass is 9.96. The lowest BCUT2D eigenvalue weighted by Crippen LogP contribution is -2.53. The van der Waals surface area contributed by atoms with Gasteiger partial charge in [-0.1, -0.05) is 19.3 Å². The average molecular weight is 300 g/mol. The molecule has 0 aromatic rings. The smallest absolute Gasteiger partial charge is 0.340 e. The van der Waals surface area contributed by atoms with Crippen molar-refractivity contribution in [1.82, 2.24) is 10.6 Å². The summed E-state index contributed by atoms with van der Waals surface area (Å²) in [5.74, 6) is -1.62. The number of rotatable bonds is 6. The van der Waals surface area contributed by atoms with Crippen molar-refractivity contribution in [3.05, 3.63) is 0 Å². The SMILES string of the molecule is CCOC(=O)C(NC(=O)NC1CCCCC1)C(=O)OCC. The van der Waals surface area contributed by atoms with Gasteiger partial charge in [-0.25, -0.2) is 14.4 Å². The Kier molecular flexibility index (Phi) is 7.56. The van der Waals surface area contributed by atoms with Crippen LogP contribution in [0.1, 0.15) is 46.0 Å². The van der Waals surface area contributed by atoms with E-state index in [0.717, 1.165) is 25.7 Å². The lowest BCUT2D eigenvalue weighted by molar-refractivity contribution is -0.157. The molecule has 0 unspecified atom stereocenters. The Bertz CT molecular complexity index is 348. The van der Waals surface area contributed by atoms with Crippen LogP contribution in [0, 0.1) is 0 Å². The minimum Gasteiger partial charge on any atom is -0.464 e. The van der Waals surface area contributed by atoms with Gasteiger partial charge in [0.25, 0.3) is 0 Å². The van der Waals surface area contributed by atoms with Gasteiger partial charge in [-0.05, 0) is 26.7 Å². The quantitative estimate of drug-likeness (QED) is 0.566. The molecule has 1 fully saturated rings. The molecule has 21 heavy (non-hydrogen) atoms. The minimum atomic E-state index is -1.42. The number of esters is 2. The van der Waals surface area contributed by atoms with E-state index in [0.29, 0.717) is 0 Å². The Balaban J connectivity index is 2.55. The highest BCUT2D eigenvalue weighted by Gasteiger charge is 2.31. The molecule has 1 aliphatic rings. The Morgan fingerprint density at radius 1 is 1.00 bits per heavy atom. The van der Waals surface area contributed by atoms with Crippen LogP contribution in [-0.2, 0) is 19.1 Å². The van der Waals surface area contributed by atoms with Gasteiger partial charge in [0.1, 0.15) is 0 Å². The van der Waals surface area contributed by atoms with Crippen molar-refractivity contribution in [1.29, 1.82) is 0 Å². The minimum absolute atomic E-state index is 0.0868. The van der Waals surface area contributed by atoms with Crippen LogP contribution in [0.25, 0.3) is 0 Å². The zero-order chi connectivity index (χ0) is 15.7. The van der Waals surface area contributed by atoms with Crippen LogP contribution in [0.2, 0.25) is 0 Å². The number of nitrogens with one attached hydrogen (secondary N) is 2. The highest BCUT2D eigenvalue weighted by molar-refractivity contribution is 6.02. The molecule has 7 nitrogen and oxygen atoms in total. The van der Waals surface area contributed by atoms with Crippen molar-refractivity contribution in [2.45, 2.75) is 58.0 Å². The summed E-state index contributed by atoms with van der Waals surface area (Å²) in [5, 5.41) is 5.11. The first kappa shape index (κ1) is 17.3. The van der Waals surface area contributed by atoms with E-state index < -0.39 is 24.0 Å². The molecule has 0 bridgehead atoms. The molecule has 0 atom stereocenters. The van der Waals surface area contributed by atoms with Gasteiger partial charge in [-0.3, -0.25) is 0 Å². The van der Waals surface area contributed by atoms with E-state index in [1.165, 1.54) is 6.42 Å². The van der Waals surface area contributed by atoms with Crippen LogP contribution in [0.3, 0.4) is 0 Å². The molecule has 0 heterocycles. The van der Waals surface area contributed by atoms with E-state index in [4.69, 9.17) is 9.47 Å². The van der Waals surface area contributed by atoms with Crippen LogP contribution in [0.4, 0.5) is 4.79 Å². The van der Waals surface area contributed by atoms with Crippen molar-refractivity contribution in [2.75, 3.05) is 13.2 Å². The Morgan fingerprint density at radius 3 is 2.00 bits per heavy atom. The molecule has 1 rings (SSSR count). The molecule has 0 aromatic carbocycles. The number of urea groups is 1. The second-order valence-corrected chi connectivity index (χ2v) is 4.89. The van der Waals surface area contributed by atoms with E-state index in [1.54, 1.807) is 13.8 Å². The molecule has 2 amide bonds. The zero-order valence-electron chi connectivity index (χ0n) is 12.6. The van der Waals surface area contributed by atoms with Gasteiger partial charge in [0.2, 0.25) is 6.04 Å². The van der Waals surface area contributed by atoms with Crippen LogP contribution < -0.4 is 10.6 Å². The fourth-order valence-corrected chi connectivity index (χ4v) is 2.27. The normalized spacial score (nSPS) is 15.4. The molecule has 0 saturated heterocycles. The monoisotopic (exact) mass is 300 g/mol. The molecule has 0 radical (unpaired) electrons. The van der Waals surface area contributed by atoms with Gasteiger partial charge < -0.3 is 20.1 Å². The maximum Gasteiger partial charge on any atom is 0.340 e. The highest BCUT2D eigenvalue weighted by atomic mass is 16.6. The molecule has 7 heteroatoms. The second kappa shape index (κ2) is 9.20. The summed E-state index contributed by atoms with van der Waals surface area (Å²) in [6, 6.07) is -1.88. The number of ether oxygens (including phenoxy) is 2. The van der Waals surface area contributed by atoms with E-state index in [-0.39, 0.29) is 19.3 Å². The van der Waals surface area contributed by atoms with Gasteiger partial charge in [0.15, 0.2) is 0 Å². The fourth-order valence-electron chi connectivity index (χ4n) is 2.27. The predicted octanol–water partition coefficient (Wildman–Crippen LogP) is 1.11. The third kappa shape index (κ3) is 6.01. The second-order valence-electron chi connectivity index (χ2n) is 4.89. The molecule has 0 aromatic heterocycles. The highest BCUT2D eigenvalue weighted by Crippen LogP contribution is 2.17. The molecule has 1 saturated carbocycles. The van der Waals surface area contributed by atoms with E-state index in [1.807, 2.05) is 0 Å². The van der Waals surface area contributed by atoms with Gasteiger partial charge in [0, 0.05) is 6.04 Å². The summed E-state index contributed by atoms with van der Waals surface area (Å²) >= 11 is 0. The lowest BCUT2D eigenvalue weighted by Gasteiger charge is -2.24. The standard InChI is InChI=1S/C14H24N2O5/c1-3-20-12(17)11(13(18)21-4-2)16-14(19)15-10-8-6-5-7-9-10/h10-11H,3-9H2,1-2H3,(H2,15,16,19). The van der Waals surface area contributed by atoms with Gasteiger partial charge in [-0.15, -0.1) is 0 Å². The molecule has 2 N–H and O–H groups in total. The number of carbonyl (C=O) groups excluding carboxylic acids is 3. The van der Waals surface area contributed by atoms with Gasteiger partial charge in [0.05, 0.1) is 13.2 Å². The van der Waals surface area contributed by atoms with E-state index in [9.17, 15) is 14.4 Å². The van der Waals surface area contributed by atoms with Crippen LogP contribution >= 0.6 is 0 Å². The summed E-state index contributed by atoms with van der Waals surface area (Å²) in [7, 11) is 0. The van der Waals surface area contributed by atoms with Crippen molar-refractivity contribution < 1.29 is 23.9 Å². The molecule has 120 valence electrons. The fraction of sp³-hybridized carbons (Fsp3) is 0.786. The first-order valence-electron chi connectivity index (χ1n) is 7.48. The van der Waals surface area contributed by atoms with Gasteiger partial charge >= 0.3 is 18.0 Å². The maximum atomic E-state index is 11.9. The summed E-state index contributed by atoms with van der Waals surface area (Å²) in [4.78, 5) is 35.3. The maximum absolute atomic E-state index is 11.9. The Morgan fingerprint density at radius 2 is 1.52 bits per heavy atom. The van der Waals surface area contributed by atoms with Crippen molar-refractivity contribution in [2.24, 2.45) is 0 Å². The third-order valence-corrected chi connectivity index (χ3v) is 3.26. The molecular weight excluding hydrogens is 276 g/mol. The van der Waals surface area contributed by atoms with E-state index >= 15 is 0 Å². The average Bonchev–Trinajstić information content (AvgIpc) is 2.46. The molecule has 0 aliphatic heterocycles. The van der Waals surface area contributed by atoms with Crippen LogP contribution in [0.5, 0.6) is 0 Å². The Hall–Kier alpha value is -1.79.